The molecule has 23 heavy (non-hydrogen) atoms. The van der Waals surface area contributed by atoms with E-state index in [1.54, 1.807) is 6.07 Å². The fourth-order valence-electron chi connectivity index (χ4n) is 1.73. The molecule has 0 aliphatic heterocycles. The van der Waals surface area contributed by atoms with Crippen LogP contribution in [0.1, 0.15) is 5.56 Å². The van der Waals surface area contributed by atoms with E-state index >= 15 is 0 Å². The Hall–Kier alpha value is -2.64. The van der Waals surface area contributed by atoms with Gasteiger partial charge < -0.3 is 10.1 Å². The monoisotopic (exact) mass is 328 g/mol. The molecule has 0 saturated carbocycles. The molecule has 0 saturated heterocycles. The Kier molecular flexibility index (Phi) is 5.15. The third kappa shape index (κ3) is 5.93. The Labute approximate surface area is 129 Å². The van der Waals surface area contributed by atoms with Crippen molar-refractivity contribution in [3.05, 3.63) is 54.0 Å². The highest BCUT2D eigenvalue weighted by atomic mass is 19.4. The normalized spacial score (nSPS) is 11.1. The highest BCUT2D eigenvalue weighted by Crippen LogP contribution is 2.18. The summed E-state index contributed by atoms with van der Waals surface area (Å²) in [6.07, 6.45) is -3.31. The van der Waals surface area contributed by atoms with Crippen LogP contribution in [0.2, 0.25) is 0 Å². The Balaban J connectivity index is 1.89. The van der Waals surface area contributed by atoms with Crippen molar-refractivity contribution in [1.29, 1.82) is 0 Å². The largest absolute Gasteiger partial charge is 0.468 e. The van der Waals surface area contributed by atoms with Crippen LogP contribution < -0.4 is 10.1 Å². The second-order valence-electron chi connectivity index (χ2n) is 4.64. The summed E-state index contributed by atoms with van der Waals surface area (Å²) in [5.41, 5.74) is 0.798. The molecule has 4 nitrogen and oxygen atoms in total. The van der Waals surface area contributed by atoms with Gasteiger partial charge in [0.25, 0.3) is 0 Å². The van der Waals surface area contributed by atoms with Crippen LogP contribution in [0.3, 0.4) is 0 Å². The van der Waals surface area contributed by atoms with E-state index in [4.69, 9.17) is 0 Å². The minimum atomic E-state index is -4.44. The van der Waals surface area contributed by atoms with E-state index in [1.807, 2.05) is 0 Å². The van der Waals surface area contributed by atoms with E-state index in [0.717, 1.165) is 0 Å². The summed E-state index contributed by atoms with van der Waals surface area (Å²) in [7, 11) is 0. The number of pyridine rings is 1. The first kappa shape index (κ1) is 16.7. The van der Waals surface area contributed by atoms with Crippen molar-refractivity contribution in [2.45, 2.75) is 12.6 Å². The average molecular weight is 328 g/mol. The summed E-state index contributed by atoms with van der Waals surface area (Å²) >= 11 is 0. The van der Waals surface area contributed by atoms with Gasteiger partial charge in [-0.05, 0) is 23.8 Å². The molecule has 0 bridgehead atoms. The van der Waals surface area contributed by atoms with Crippen molar-refractivity contribution in [2.24, 2.45) is 0 Å². The number of ether oxygens (including phenoxy) is 1. The lowest BCUT2D eigenvalue weighted by atomic mass is 10.1. The minimum Gasteiger partial charge on any atom is -0.468 e. The number of hydrogen-bond donors (Lipinski definition) is 1. The average Bonchev–Trinajstić information content (AvgIpc) is 2.45. The molecule has 0 aliphatic rings. The quantitative estimate of drug-likeness (QED) is 0.857. The molecular weight excluding hydrogens is 316 g/mol. The molecule has 1 amide bonds. The first-order valence-corrected chi connectivity index (χ1v) is 6.52. The number of halogens is 4. The number of aromatic nitrogens is 1. The smallest absolute Gasteiger partial charge is 0.422 e. The SMILES string of the molecule is O=C(Cc1cccc(F)c1)Nc1ccc(OCC(F)(F)F)nc1. The van der Waals surface area contributed by atoms with Crippen molar-refractivity contribution in [3.63, 3.8) is 0 Å². The van der Waals surface area contributed by atoms with Crippen molar-refractivity contribution in [3.8, 4) is 5.88 Å². The van der Waals surface area contributed by atoms with Crippen LogP contribution >= 0.6 is 0 Å². The van der Waals surface area contributed by atoms with Crippen LogP contribution in [0.5, 0.6) is 5.88 Å². The van der Waals surface area contributed by atoms with Gasteiger partial charge in [-0.15, -0.1) is 0 Å². The number of nitrogens with zero attached hydrogens (tertiary/aromatic N) is 1. The maximum Gasteiger partial charge on any atom is 0.422 e. The summed E-state index contributed by atoms with van der Waals surface area (Å²) < 4.78 is 53.4. The molecule has 0 aliphatic carbocycles. The van der Waals surface area contributed by atoms with Gasteiger partial charge in [-0.25, -0.2) is 9.37 Å². The van der Waals surface area contributed by atoms with Crippen LogP contribution in [-0.4, -0.2) is 23.7 Å². The van der Waals surface area contributed by atoms with Gasteiger partial charge in [0.15, 0.2) is 6.61 Å². The number of carbonyl (C=O) groups excluding carboxylic acids is 1. The molecular formula is C15H12F4N2O2. The number of alkyl halides is 3. The number of nitrogens with one attached hydrogen (secondary N) is 1. The molecule has 122 valence electrons. The number of amides is 1. The molecule has 1 N–H and O–H groups in total. The van der Waals surface area contributed by atoms with E-state index in [0.29, 0.717) is 11.3 Å². The fraction of sp³-hybridized carbons (Fsp3) is 0.200. The fourth-order valence-corrected chi connectivity index (χ4v) is 1.73. The lowest BCUT2D eigenvalue weighted by Gasteiger charge is -2.09. The van der Waals surface area contributed by atoms with Crippen LogP contribution in [-0.2, 0) is 11.2 Å². The summed E-state index contributed by atoms with van der Waals surface area (Å²) in [5.74, 6) is -1.05. The maximum absolute atomic E-state index is 13.0. The number of carbonyl (C=O) groups is 1. The second-order valence-corrected chi connectivity index (χ2v) is 4.64. The van der Waals surface area contributed by atoms with Crippen LogP contribution in [0.15, 0.2) is 42.6 Å². The van der Waals surface area contributed by atoms with Gasteiger partial charge in [0.2, 0.25) is 11.8 Å². The zero-order valence-electron chi connectivity index (χ0n) is 11.7. The molecule has 8 heteroatoms. The van der Waals surface area contributed by atoms with Crippen LogP contribution in [0.4, 0.5) is 23.2 Å². The molecule has 2 rings (SSSR count). The summed E-state index contributed by atoms with van der Waals surface area (Å²) in [6, 6.07) is 8.18. The van der Waals surface area contributed by atoms with E-state index < -0.39 is 24.5 Å². The lowest BCUT2D eigenvalue weighted by Crippen LogP contribution is -2.19. The van der Waals surface area contributed by atoms with Gasteiger partial charge in [-0.2, -0.15) is 13.2 Å². The zero-order chi connectivity index (χ0) is 16.9. The number of rotatable bonds is 5. The Morgan fingerprint density at radius 1 is 1.22 bits per heavy atom. The van der Waals surface area contributed by atoms with E-state index in [1.165, 1.54) is 36.5 Å². The van der Waals surface area contributed by atoms with Crippen molar-refractivity contribution >= 4 is 11.6 Å². The molecule has 1 aromatic carbocycles. The molecule has 0 radical (unpaired) electrons. The molecule has 0 spiro atoms. The van der Waals surface area contributed by atoms with Crippen molar-refractivity contribution in [1.82, 2.24) is 4.98 Å². The summed E-state index contributed by atoms with van der Waals surface area (Å²) in [4.78, 5) is 15.5. The molecule has 0 unspecified atom stereocenters. The first-order valence-electron chi connectivity index (χ1n) is 6.52. The van der Waals surface area contributed by atoms with Crippen LogP contribution in [0, 0.1) is 5.82 Å². The first-order chi connectivity index (χ1) is 10.8. The van der Waals surface area contributed by atoms with Crippen molar-refractivity contribution in [2.75, 3.05) is 11.9 Å². The summed E-state index contributed by atoms with van der Waals surface area (Å²) in [5, 5.41) is 2.51. The second kappa shape index (κ2) is 7.08. The van der Waals surface area contributed by atoms with Crippen molar-refractivity contribution < 1.29 is 27.1 Å². The molecule has 1 heterocycles. The topological polar surface area (TPSA) is 51.2 Å². The van der Waals surface area contributed by atoms with Gasteiger partial charge in [-0.1, -0.05) is 12.1 Å². The van der Waals surface area contributed by atoms with E-state index in [2.05, 4.69) is 15.0 Å². The van der Waals surface area contributed by atoms with Gasteiger partial charge in [0, 0.05) is 6.07 Å². The zero-order valence-corrected chi connectivity index (χ0v) is 11.7. The van der Waals surface area contributed by atoms with E-state index in [9.17, 15) is 22.4 Å². The van der Waals surface area contributed by atoms with Gasteiger partial charge in [0.1, 0.15) is 5.82 Å². The molecule has 1 aromatic heterocycles. The Morgan fingerprint density at radius 2 is 2.00 bits per heavy atom. The van der Waals surface area contributed by atoms with Gasteiger partial charge in [0.05, 0.1) is 18.3 Å². The van der Waals surface area contributed by atoms with E-state index in [-0.39, 0.29) is 12.3 Å². The minimum absolute atomic E-state index is 0.0376. The number of anilines is 1. The predicted octanol–water partition coefficient (Wildman–Crippen LogP) is 3.34. The highest BCUT2D eigenvalue weighted by Gasteiger charge is 2.28. The molecule has 0 fully saturated rings. The number of benzene rings is 1. The predicted molar refractivity (Wildman–Crippen MR) is 74.5 cm³/mol. The third-order valence-corrected chi connectivity index (χ3v) is 2.66. The lowest BCUT2D eigenvalue weighted by molar-refractivity contribution is -0.154. The van der Waals surface area contributed by atoms with Gasteiger partial charge >= 0.3 is 6.18 Å². The molecule has 0 atom stereocenters. The van der Waals surface area contributed by atoms with Crippen LogP contribution in [0.25, 0.3) is 0 Å². The summed E-state index contributed by atoms with van der Waals surface area (Å²) in [6.45, 7) is -1.44. The molecule has 2 aromatic rings. The van der Waals surface area contributed by atoms with Gasteiger partial charge in [-0.3, -0.25) is 4.79 Å². The maximum atomic E-state index is 13.0. The highest BCUT2D eigenvalue weighted by molar-refractivity contribution is 5.92. The Bertz CT molecular complexity index is 672. The third-order valence-electron chi connectivity index (χ3n) is 2.66. The standard InChI is InChI=1S/C15H12F4N2O2/c16-11-3-1-2-10(6-11)7-13(22)21-12-4-5-14(20-8-12)23-9-15(17,18)19/h1-6,8H,7,9H2,(H,21,22). The number of hydrogen-bond acceptors (Lipinski definition) is 3. The Morgan fingerprint density at radius 3 is 2.61 bits per heavy atom.